The van der Waals surface area contributed by atoms with Gasteiger partial charge in [0.1, 0.15) is 0 Å². The Labute approximate surface area is 173 Å². The van der Waals surface area contributed by atoms with Gasteiger partial charge in [-0.05, 0) is 48.7 Å². The van der Waals surface area contributed by atoms with Crippen LogP contribution in [-0.4, -0.2) is 41.6 Å². The van der Waals surface area contributed by atoms with Gasteiger partial charge in [0.05, 0.1) is 11.4 Å². The van der Waals surface area contributed by atoms with Gasteiger partial charge >= 0.3 is 0 Å². The first-order valence-corrected chi connectivity index (χ1v) is 10.8. The van der Waals surface area contributed by atoms with Crippen LogP contribution in [0.5, 0.6) is 0 Å². The number of likely N-dealkylation sites (tertiary alicyclic amines) is 1. The molecule has 146 valence electrons. The second-order valence-corrected chi connectivity index (χ2v) is 8.65. The molecule has 0 aliphatic carbocycles. The number of nitrogens with zero attached hydrogens (tertiary/aromatic N) is 1. The third kappa shape index (κ3) is 4.69. The molecule has 0 atom stereocenters. The number of halogens is 1. The number of piperidine rings is 1. The van der Waals surface area contributed by atoms with Crippen molar-refractivity contribution in [3.05, 3.63) is 58.6 Å². The van der Waals surface area contributed by atoms with Crippen molar-refractivity contribution >= 4 is 40.9 Å². The van der Waals surface area contributed by atoms with Crippen molar-refractivity contribution in [3.63, 3.8) is 0 Å². The number of benzene rings is 2. The quantitative estimate of drug-likeness (QED) is 0.797. The Balaban J connectivity index is 1.30. The molecule has 2 aliphatic heterocycles. The van der Waals surface area contributed by atoms with Crippen molar-refractivity contribution in [1.82, 2.24) is 10.2 Å². The number of rotatable bonds is 4. The van der Waals surface area contributed by atoms with Gasteiger partial charge in [-0.2, -0.15) is 0 Å². The predicted molar refractivity (Wildman–Crippen MR) is 113 cm³/mol. The molecule has 0 unspecified atom stereocenters. The number of nitrogens with one attached hydrogen (secondary N) is 2. The minimum Gasteiger partial charge on any atom is -0.349 e. The fourth-order valence-electron chi connectivity index (χ4n) is 3.58. The normalized spacial score (nSPS) is 17.7. The standard InChI is InChI=1S/C21H22ClN3O2S/c22-16-4-1-14(2-5-16)12-25-9-7-17(8-10-25)23-21(27)15-3-6-19-18(11-15)24-20(26)13-28-19/h1-6,11,17H,7-10,12-13H2,(H,23,27)(H,24,26). The number of anilines is 1. The average Bonchev–Trinajstić information content (AvgIpc) is 2.70. The molecular formula is C21H22ClN3O2S. The molecule has 1 saturated heterocycles. The maximum atomic E-state index is 12.6. The first-order chi connectivity index (χ1) is 13.6. The van der Waals surface area contributed by atoms with Crippen LogP contribution in [0.2, 0.25) is 5.02 Å². The lowest BCUT2D eigenvalue weighted by molar-refractivity contribution is -0.113. The Bertz CT molecular complexity index is 880. The van der Waals surface area contributed by atoms with Gasteiger partial charge in [0.25, 0.3) is 5.91 Å². The fraction of sp³-hybridized carbons (Fsp3) is 0.333. The summed E-state index contributed by atoms with van der Waals surface area (Å²) in [6, 6.07) is 13.6. The SMILES string of the molecule is O=C1CSc2ccc(C(=O)NC3CCN(Cc4ccc(Cl)cc4)CC3)cc2N1. The Hall–Kier alpha value is -2.02. The lowest BCUT2D eigenvalue weighted by Gasteiger charge is -2.32. The van der Waals surface area contributed by atoms with Crippen molar-refractivity contribution in [3.8, 4) is 0 Å². The molecule has 2 heterocycles. The van der Waals surface area contributed by atoms with Crippen LogP contribution in [-0.2, 0) is 11.3 Å². The van der Waals surface area contributed by atoms with E-state index in [0.717, 1.165) is 48.1 Å². The van der Waals surface area contributed by atoms with Crippen LogP contribution in [0.4, 0.5) is 5.69 Å². The summed E-state index contributed by atoms with van der Waals surface area (Å²) in [4.78, 5) is 27.6. The van der Waals surface area contributed by atoms with Crippen LogP contribution in [0.15, 0.2) is 47.4 Å². The second-order valence-electron chi connectivity index (χ2n) is 7.20. The van der Waals surface area contributed by atoms with E-state index in [-0.39, 0.29) is 17.9 Å². The molecule has 0 saturated carbocycles. The molecule has 2 aromatic rings. The maximum absolute atomic E-state index is 12.6. The summed E-state index contributed by atoms with van der Waals surface area (Å²) < 4.78 is 0. The van der Waals surface area contributed by atoms with Crippen LogP contribution in [0, 0.1) is 0 Å². The van der Waals surface area contributed by atoms with E-state index in [0.29, 0.717) is 11.3 Å². The molecule has 2 N–H and O–H groups in total. The zero-order chi connectivity index (χ0) is 19.5. The van der Waals surface area contributed by atoms with Gasteiger partial charge in [0, 0.05) is 41.2 Å². The van der Waals surface area contributed by atoms with E-state index in [1.165, 1.54) is 17.3 Å². The summed E-state index contributed by atoms with van der Waals surface area (Å²) in [7, 11) is 0. The van der Waals surface area contributed by atoms with Crippen LogP contribution in [0.25, 0.3) is 0 Å². The molecule has 0 radical (unpaired) electrons. The third-order valence-corrected chi connectivity index (χ3v) is 6.44. The molecule has 2 aromatic carbocycles. The molecule has 1 fully saturated rings. The van der Waals surface area contributed by atoms with Crippen LogP contribution in [0.1, 0.15) is 28.8 Å². The van der Waals surface area contributed by atoms with Gasteiger partial charge < -0.3 is 10.6 Å². The van der Waals surface area contributed by atoms with E-state index >= 15 is 0 Å². The van der Waals surface area contributed by atoms with E-state index in [1.807, 2.05) is 24.3 Å². The smallest absolute Gasteiger partial charge is 0.251 e. The van der Waals surface area contributed by atoms with Crippen molar-refractivity contribution < 1.29 is 9.59 Å². The van der Waals surface area contributed by atoms with E-state index in [9.17, 15) is 9.59 Å². The van der Waals surface area contributed by atoms with Gasteiger partial charge in [-0.1, -0.05) is 23.7 Å². The molecule has 0 bridgehead atoms. The van der Waals surface area contributed by atoms with Crippen LogP contribution >= 0.6 is 23.4 Å². The first-order valence-electron chi connectivity index (χ1n) is 9.41. The van der Waals surface area contributed by atoms with E-state index in [4.69, 9.17) is 11.6 Å². The predicted octanol–water partition coefficient (Wildman–Crippen LogP) is 3.78. The summed E-state index contributed by atoms with van der Waals surface area (Å²) in [5.41, 5.74) is 2.57. The zero-order valence-corrected chi connectivity index (χ0v) is 17.0. The highest BCUT2D eigenvalue weighted by atomic mass is 35.5. The lowest BCUT2D eigenvalue weighted by atomic mass is 10.0. The van der Waals surface area contributed by atoms with Gasteiger partial charge in [-0.15, -0.1) is 11.8 Å². The zero-order valence-electron chi connectivity index (χ0n) is 15.4. The summed E-state index contributed by atoms with van der Waals surface area (Å²) in [5, 5.41) is 6.73. The maximum Gasteiger partial charge on any atom is 0.251 e. The first kappa shape index (κ1) is 19.3. The highest BCUT2D eigenvalue weighted by Gasteiger charge is 2.22. The molecule has 0 aromatic heterocycles. The Morgan fingerprint density at radius 1 is 1.18 bits per heavy atom. The van der Waals surface area contributed by atoms with E-state index in [2.05, 4.69) is 27.7 Å². The molecular weight excluding hydrogens is 394 g/mol. The van der Waals surface area contributed by atoms with E-state index in [1.54, 1.807) is 6.07 Å². The molecule has 2 aliphatic rings. The largest absolute Gasteiger partial charge is 0.349 e. The van der Waals surface area contributed by atoms with Crippen molar-refractivity contribution in [2.24, 2.45) is 0 Å². The highest BCUT2D eigenvalue weighted by Crippen LogP contribution is 2.32. The fourth-order valence-corrected chi connectivity index (χ4v) is 4.49. The summed E-state index contributed by atoms with van der Waals surface area (Å²) >= 11 is 7.44. The van der Waals surface area contributed by atoms with Gasteiger partial charge in [0.2, 0.25) is 5.91 Å². The Morgan fingerprint density at radius 2 is 1.93 bits per heavy atom. The van der Waals surface area contributed by atoms with Gasteiger partial charge in [-0.3, -0.25) is 14.5 Å². The Morgan fingerprint density at radius 3 is 2.68 bits per heavy atom. The third-order valence-electron chi connectivity index (χ3n) is 5.12. The number of hydrogen-bond donors (Lipinski definition) is 2. The monoisotopic (exact) mass is 415 g/mol. The summed E-state index contributed by atoms with van der Waals surface area (Å²) in [5.74, 6) is 0.319. The van der Waals surface area contributed by atoms with Crippen molar-refractivity contribution in [1.29, 1.82) is 0 Å². The minimum absolute atomic E-state index is 0.0249. The molecule has 5 nitrogen and oxygen atoms in total. The topological polar surface area (TPSA) is 61.4 Å². The second kappa shape index (κ2) is 8.55. The number of fused-ring (bicyclic) bond motifs is 1. The molecule has 28 heavy (non-hydrogen) atoms. The number of carbonyl (C=O) groups excluding carboxylic acids is 2. The molecule has 0 spiro atoms. The lowest BCUT2D eigenvalue weighted by Crippen LogP contribution is -2.44. The minimum atomic E-state index is -0.0798. The number of amides is 2. The van der Waals surface area contributed by atoms with Gasteiger partial charge in [0.15, 0.2) is 0 Å². The van der Waals surface area contributed by atoms with E-state index < -0.39 is 0 Å². The number of carbonyl (C=O) groups is 2. The number of thioether (sulfide) groups is 1. The van der Waals surface area contributed by atoms with Crippen LogP contribution in [0.3, 0.4) is 0 Å². The molecule has 4 rings (SSSR count). The average molecular weight is 416 g/mol. The number of hydrogen-bond acceptors (Lipinski definition) is 4. The molecule has 2 amide bonds. The summed E-state index contributed by atoms with van der Waals surface area (Å²) in [6.07, 6.45) is 1.85. The molecule has 7 heteroatoms. The summed E-state index contributed by atoms with van der Waals surface area (Å²) in [6.45, 7) is 2.80. The van der Waals surface area contributed by atoms with Crippen molar-refractivity contribution in [2.75, 3.05) is 24.2 Å². The van der Waals surface area contributed by atoms with Gasteiger partial charge in [-0.25, -0.2) is 0 Å². The Kier molecular flexibility index (Phi) is 5.90. The highest BCUT2D eigenvalue weighted by molar-refractivity contribution is 8.00. The van der Waals surface area contributed by atoms with Crippen molar-refractivity contribution in [2.45, 2.75) is 30.3 Å². The van der Waals surface area contributed by atoms with Crippen LogP contribution < -0.4 is 10.6 Å².